The van der Waals surface area contributed by atoms with E-state index in [1.165, 1.54) is 30.3 Å². The lowest BCUT2D eigenvalue weighted by Gasteiger charge is -2.16. The van der Waals surface area contributed by atoms with Gasteiger partial charge in [-0.1, -0.05) is 12.1 Å². The van der Waals surface area contributed by atoms with Gasteiger partial charge < -0.3 is 5.73 Å². The Bertz CT molecular complexity index is 1190. The Hall–Kier alpha value is -2.92. The van der Waals surface area contributed by atoms with Crippen LogP contribution in [-0.2, 0) is 22.7 Å². The maximum atomic E-state index is 13.4. The minimum atomic E-state index is -4.87. The largest absolute Gasteiger partial charge is 0.449 e. The van der Waals surface area contributed by atoms with Gasteiger partial charge >= 0.3 is 6.18 Å². The smallest absolute Gasteiger partial charge is 0.399 e. The molecule has 11 heteroatoms. The lowest BCUT2D eigenvalue weighted by atomic mass is 10.2. The maximum absolute atomic E-state index is 13.4. The summed E-state index contributed by atoms with van der Waals surface area (Å²) in [7, 11) is -3.94. The van der Waals surface area contributed by atoms with Crippen molar-refractivity contribution in [2.24, 2.45) is 5.14 Å². The Labute approximate surface area is 151 Å². The summed E-state index contributed by atoms with van der Waals surface area (Å²) in [5.41, 5.74) is 5.06. The van der Waals surface area contributed by atoms with Crippen molar-refractivity contribution in [3.63, 3.8) is 0 Å². The predicted molar refractivity (Wildman–Crippen MR) is 92.3 cm³/mol. The molecule has 0 fully saturated rings. The lowest BCUT2D eigenvalue weighted by Crippen LogP contribution is -2.30. The first kappa shape index (κ1) is 18.9. The second kappa shape index (κ2) is 6.35. The highest BCUT2D eigenvalue weighted by Gasteiger charge is 2.37. The van der Waals surface area contributed by atoms with Crippen molar-refractivity contribution >= 4 is 26.6 Å². The average Bonchev–Trinajstić information content (AvgIpc) is 2.56. The molecule has 2 aromatic carbocycles. The van der Waals surface area contributed by atoms with E-state index >= 15 is 0 Å². The lowest BCUT2D eigenvalue weighted by molar-refractivity contribution is -0.147. The van der Waals surface area contributed by atoms with Crippen LogP contribution in [0.1, 0.15) is 11.4 Å². The molecule has 4 N–H and O–H groups in total. The maximum Gasteiger partial charge on any atom is 0.449 e. The topological polar surface area (TPSA) is 121 Å². The fraction of sp³-hybridized carbons (Fsp3) is 0.125. The second-order valence-electron chi connectivity index (χ2n) is 5.79. The standard InChI is InChI=1S/C16H13F3N4O3S/c17-16(18,19)15-22-13-6-3-10(20)7-12(13)14(24)23(15)8-9-1-4-11(5-2-9)27(21,25)26/h1-7H,8,20H2,(H2,21,25,26). The van der Waals surface area contributed by atoms with E-state index in [4.69, 9.17) is 10.9 Å². The number of benzene rings is 2. The molecule has 0 unspecified atom stereocenters. The van der Waals surface area contributed by atoms with Crippen LogP contribution in [0, 0.1) is 0 Å². The fourth-order valence-electron chi connectivity index (χ4n) is 2.57. The van der Waals surface area contributed by atoms with E-state index in [9.17, 15) is 26.4 Å². The number of primary sulfonamides is 1. The van der Waals surface area contributed by atoms with Gasteiger partial charge in [0.2, 0.25) is 15.8 Å². The van der Waals surface area contributed by atoms with Gasteiger partial charge in [-0.2, -0.15) is 13.2 Å². The summed E-state index contributed by atoms with van der Waals surface area (Å²) in [6, 6.07) is 8.69. The molecular formula is C16H13F3N4O3S. The first-order valence-corrected chi connectivity index (χ1v) is 9.00. The van der Waals surface area contributed by atoms with Gasteiger partial charge in [0.25, 0.3) is 5.56 Å². The van der Waals surface area contributed by atoms with Crippen LogP contribution in [0.4, 0.5) is 18.9 Å². The van der Waals surface area contributed by atoms with Gasteiger partial charge in [0, 0.05) is 5.69 Å². The van der Waals surface area contributed by atoms with Crippen LogP contribution in [0.3, 0.4) is 0 Å². The highest BCUT2D eigenvalue weighted by Crippen LogP contribution is 2.28. The summed E-state index contributed by atoms with van der Waals surface area (Å²) in [5.74, 6) is -1.36. The van der Waals surface area contributed by atoms with E-state index in [1.807, 2.05) is 0 Å². The number of aromatic nitrogens is 2. The number of alkyl halides is 3. The minimum Gasteiger partial charge on any atom is -0.399 e. The fourth-order valence-corrected chi connectivity index (χ4v) is 3.08. The number of anilines is 1. The minimum absolute atomic E-state index is 0.0517. The molecule has 7 nitrogen and oxygen atoms in total. The first-order chi connectivity index (χ1) is 12.5. The Kier molecular flexibility index (Phi) is 4.44. The van der Waals surface area contributed by atoms with Crippen LogP contribution in [0.2, 0.25) is 0 Å². The van der Waals surface area contributed by atoms with Crippen molar-refractivity contribution in [3.05, 3.63) is 64.2 Å². The number of sulfonamides is 1. The molecule has 142 valence electrons. The highest BCUT2D eigenvalue weighted by molar-refractivity contribution is 7.89. The zero-order chi connectivity index (χ0) is 20.0. The molecular weight excluding hydrogens is 385 g/mol. The van der Waals surface area contributed by atoms with Crippen LogP contribution in [-0.4, -0.2) is 18.0 Å². The summed E-state index contributed by atoms with van der Waals surface area (Å²) < 4.78 is 63.3. The van der Waals surface area contributed by atoms with Crippen molar-refractivity contribution in [2.75, 3.05) is 5.73 Å². The molecule has 0 atom stereocenters. The molecule has 0 aliphatic rings. The predicted octanol–water partition coefficient (Wildman–Crippen LogP) is 1.69. The number of nitrogens with zero attached hydrogens (tertiary/aromatic N) is 2. The molecule has 27 heavy (non-hydrogen) atoms. The van der Waals surface area contributed by atoms with Crippen molar-refractivity contribution in [2.45, 2.75) is 17.6 Å². The molecule has 0 bridgehead atoms. The molecule has 1 heterocycles. The van der Waals surface area contributed by atoms with E-state index in [0.29, 0.717) is 4.57 Å². The zero-order valence-electron chi connectivity index (χ0n) is 13.6. The highest BCUT2D eigenvalue weighted by atomic mass is 32.2. The number of nitrogen functional groups attached to an aromatic ring is 1. The van der Waals surface area contributed by atoms with Gasteiger partial charge in [-0.05, 0) is 35.9 Å². The Morgan fingerprint density at radius 2 is 1.70 bits per heavy atom. The molecule has 3 rings (SSSR count). The molecule has 1 aromatic heterocycles. The Balaban J connectivity index is 2.17. The normalized spacial score (nSPS) is 12.4. The third-order valence-electron chi connectivity index (χ3n) is 3.82. The van der Waals surface area contributed by atoms with E-state index < -0.39 is 34.1 Å². The Morgan fingerprint density at radius 3 is 2.26 bits per heavy atom. The van der Waals surface area contributed by atoms with Gasteiger partial charge in [-0.25, -0.2) is 18.5 Å². The van der Waals surface area contributed by atoms with Gasteiger partial charge in [0.15, 0.2) is 0 Å². The number of halogens is 3. The first-order valence-electron chi connectivity index (χ1n) is 7.46. The van der Waals surface area contributed by atoms with E-state index in [-0.39, 0.29) is 27.0 Å². The summed E-state index contributed by atoms with van der Waals surface area (Å²) in [6.45, 7) is -0.462. The van der Waals surface area contributed by atoms with Gasteiger partial charge in [-0.3, -0.25) is 9.36 Å². The molecule has 3 aromatic rings. The summed E-state index contributed by atoms with van der Waals surface area (Å²) in [4.78, 5) is 16.0. The summed E-state index contributed by atoms with van der Waals surface area (Å²) >= 11 is 0. The van der Waals surface area contributed by atoms with Crippen molar-refractivity contribution in [1.82, 2.24) is 9.55 Å². The number of hydrogen-bond acceptors (Lipinski definition) is 5. The molecule has 0 saturated carbocycles. The Morgan fingerprint density at radius 1 is 1.07 bits per heavy atom. The summed E-state index contributed by atoms with van der Waals surface area (Å²) in [5, 5.41) is 4.94. The van der Waals surface area contributed by atoms with Crippen molar-refractivity contribution in [1.29, 1.82) is 0 Å². The average molecular weight is 398 g/mol. The molecule has 0 spiro atoms. The van der Waals surface area contributed by atoms with E-state index in [0.717, 1.165) is 12.1 Å². The molecule has 0 aliphatic carbocycles. The quantitative estimate of drug-likeness (QED) is 0.651. The van der Waals surface area contributed by atoms with Crippen LogP contribution >= 0.6 is 0 Å². The molecule has 0 amide bonds. The monoisotopic (exact) mass is 398 g/mol. The summed E-state index contributed by atoms with van der Waals surface area (Å²) in [6.07, 6.45) is -4.87. The van der Waals surface area contributed by atoms with Crippen LogP contribution < -0.4 is 16.4 Å². The van der Waals surface area contributed by atoms with Crippen LogP contribution in [0.5, 0.6) is 0 Å². The SMILES string of the molecule is Nc1ccc2nc(C(F)(F)F)n(Cc3ccc(S(N)(=O)=O)cc3)c(=O)c2c1. The van der Waals surface area contributed by atoms with Gasteiger partial charge in [0.05, 0.1) is 22.3 Å². The third kappa shape index (κ3) is 3.78. The molecule has 0 radical (unpaired) electrons. The third-order valence-corrected chi connectivity index (χ3v) is 4.75. The van der Waals surface area contributed by atoms with E-state index in [2.05, 4.69) is 4.98 Å². The molecule has 0 aliphatic heterocycles. The van der Waals surface area contributed by atoms with Crippen molar-refractivity contribution < 1.29 is 21.6 Å². The van der Waals surface area contributed by atoms with E-state index in [1.54, 1.807) is 0 Å². The number of fused-ring (bicyclic) bond motifs is 1. The van der Waals surface area contributed by atoms with Crippen LogP contribution in [0.25, 0.3) is 10.9 Å². The second-order valence-corrected chi connectivity index (χ2v) is 7.35. The van der Waals surface area contributed by atoms with Gasteiger partial charge in [0.1, 0.15) is 0 Å². The number of rotatable bonds is 3. The van der Waals surface area contributed by atoms with Gasteiger partial charge in [-0.15, -0.1) is 0 Å². The molecule has 0 saturated heterocycles. The number of hydrogen-bond donors (Lipinski definition) is 2. The van der Waals surface area contributed by atoms with Crippen molar-refractivity contribution in [3.8, 4) is 0 Å². The zero-order valence-corrected chi connectivity index (χ0v) is 14.4. The van der Waals surface area contributed by atoms with Crippen LogP contribution in [0.15, 0.2) is 52.2 Å². The number of nitrogens with two attached hydrogens (primary N) is 2.